The third kappa shape index (κ3) is 3.77. The average Bonchev–Trinajstić information content (AvgIpc) is 2.30. The zero-order chi connectivity index (χ0) is 10.8. The van der Waals surface area contributed by atoms with Crippen molar-refractivity contribution in [3.8, 4) is 0 Å². The van der Waals surface area contributed by atoms with Crippen molar-refractivity contribution in [3.05, 3.63) is 5.82 Å². The molecule has 4 nitrogen and oxygen atoms in total. The van der Waals surface area contributed by atoms with Gasteiger partial charge in [-0.05, 0) is 17.8 Å². The quantitative estimate of drug-likeness (QED) is 0.777. The van der Waals surface area contributed by atoms with Crippen molar-refractivity contribution in [2.45, 2.75) is 40.5 Å². The van der Waals surface area contributed by atoms with Crippen LogP contribution in [0.3, 0.4) is 0 Å². The van der Waals surface area contributed by atoms with Gasteiger partial charge in [0.2, 0.25) is 5.95 Å². The predicted octanol–water partition coefficient (Wildman–Crippen LogP) is 2.00. The lowest BCUT2D eigenvalue weighted by Crippen LogP contribution is -2.13. The zero-order valence-corrected chi connectivity index (χ0v) is 9.46. The molecule has 1 aromatic heterocycles. The van der Waals surface area contributed by atoms with Crippen LogP contribution in [0.15, 0.2) is 0 Å². The van der Waals surface area contributed by atoms with E-state index in [2.05, 4.69) is 42.9 Å². The van der Waals surface area contributed by atoms with Gasteiger partial charge in [0.1, 0.15) is 5.82 Å². The fourth-order valence-corrected chi connectivity index (χ4v) is 1.85. The summed E-state index contributed by atoms with van der Waals surface area (Å²) in [6, 6.07) is 0. The molecule has 1 rings (SSSR count). The molecule has 4 heteroatoms. The summed E-state index contributed by atoms with van der Waals surface area (Å²) in [5.41, 5.74) is 5.79. The molecule has 0 bridgehead atoms. The molecule has 0 amide bonds. The summed E-state index contributed by atoms with van der Waals surface area (Å²) in [6.45, 7) is 8.97. The SMILES string of the molecule is CC(Cc1nc(N)n[nH]1)CC(C)(C)C. The molecule has 14 heavy (non-hydrogen) atoms. The zero-order valence-electron chi connectivity index (χ0n) is 9.46. The summed E-state index contributed by atoms with van der Waals surface area (Å²) in [6.07, 6.45) is 2.09. The third-order valence-corrected chi connectivity index (χ3v) is 2.05. The molecule has 3 N–H and O–H groups in total. The molecule has 1 unspecified atom stereocenters. The van der Waals surface area contributed by atoms with Gasteiger partial charge >= 0.3 is 0 Å². The number of nitrogens with two attached hydrogens (primary N) is 1. The topological polar surface area (TPSA) is 67.6 Å². The van der Waals surface area contributed by atoms with Gasteiger partial charge in [0.05, 0.1) is 0 Å². The first-order valence-corrected chi connectivity index (χ1v) is 5.03. The number of nitrogens with zero attached hydrogens (tertiary/aromatic N) is 2. The van der Waals surface area contributed by atoms with E-state index in [0.717, 1.165) is 12.2 Å². The van der Waals surface area contributed by atoms with Crippen LogP contribution in [0, 0.1) is 11.3 Å². The van der Waals surface area contributed by atoms with E-state index in [1.54, 1.807) is 0 Å². The minimum absolute atomic E-state index is 0.336. The van der Waals surface area contributed by atoms with Crippen molar-refractivity contribution in [2.24, 2.45) is 11.3 Å². The number of hydrogen-bond donors (Lipinski definition) is 2. The Morgan fingerprint density at radius 2 is 2.07 bits per heavy atom. The second-order valence-electron chi connectivity index (χ2n) is 5.21. The summed E-state index contributed by atoms with van der Waals surface area (Å²) in [4.78, 5) is 4.09. The first-order valence-electron chi connectivity index (χ1n) is 5.03. The van der Waals surface area contributed by atoms with Crippen LogP contribution in [0.4, 0.5) is 5.95 Å². The van der Waals surface area contributed by atoms with E-state index in [9.17, 15) is 0 Å². The Hall–Kier alpha value is -1.06. The lowest BCUT2D eigenvalue weighted by atomic mass is 9.84. The minimum Gasteiger partial charge on any atom is -0.367 e. The summed E-state index contributed by atoms with van der Waals surface area (Å²) in [5.74, 6) is 1.82. The van der Waals surface area contributed by atoms with Crippen molar-refractivity contribution in [3.63, 3.8) is 0 Å². The van der Waals surface area contributed by atoms with Gasteiger partial charge in [-0.25, -0.2) is 0 Å². The van der Waals surface area contributed by atoms with Crippen molar-refractivity contribution in [2.75, 3.05) is 5.73 Å². The number of rotatable bonds is 3. The van der Waals surface area contributed by atoms with E-state index in [4.69, 9.17) is 5.73 Å². The van der Waals surface area contributed by atoms with Crippen LogP contribution in [0.2, 0.25) is 0 Å². The monoisotopic (exact) mass is 196 g/mol. The lowest BCUT2D eigenvalue weighted by Gasteiger charge is -2.22. The lowest BCUT2D eigenvalue weighted by molar-refractivity contribution is 0.304. The molecule has 0 aliphatic carbocycles. The Bertz CT molecular complexity index is 285. The van der Waals surface area contributed by atoms with Crippen LogP contribution >= 0.6 is 0 Å². The Labute approximate surface area is 85.3 Å². The van der Waals surface area contributed by atoms with E-state index >= 15 is 0 Å². The predicted molar refractivity (Wildman–Crippen MR) is 57.7 cm³/mol. The van der Waals surface area contributed by atoms with Gasteiger partial charge in [-0.1, -0.05) is 27.7 Å². The molecule has 0 saturated heterocycles. The number of nitrogens with one attached hydrogen (secondary N) is 1. The highest BCUT2D eigenvalue weighted by Gasteiger charge is 2.16. The average molecular weight is 196 g/mol. The Balaban J connectivity index is 2.45. The fourth-order valence-electron chi connectivity index (χ4n) is 1.85. The molecule has 80 valence electrons. The summed E-state index contributed by atoms with van der Waals surface area (Å²) < 4.78 is 0. The molecular weight excluding hydrogens is 176 g/mol. The van der Waals surface area contributed by atoms with Crippen LogP contribution in [0.25, 0.3) is 0 Å². The summed E-state index contributed by atoms with van der Waals surface area (Å²) in [5, 5.41) is 6.64. The Kier molecular flexibility index (Phi) is 3.13. The van der Waals surface area contributed by atoms with Crippen LogP contribution in [-0.4, -0.2) is 15.2 Å². The molecular formula is C10H20N4. The molecule has 0 spiro atoms. The highest BCUT2D eigenvalue weighted by atomic mass is 15.3. The van der Waals surface area contributed by atoms with E-state index < -0.39 is 0 Å². The molecule has 1 heterocycles. The van der Waals surface area contributed by atoms with Gasteiger partial charge in [0.25, 0.3) is 0 Å². The Morgan fingerprint density at radius 3 is 2.50 bits per heavy atom. The standard InChI is InChI=1S/C10H20N4/c1-7(6-10(2,3)4)5-8-12-9(11)14-13-8/h7H,5-6H2,1-4H3,(H3,11,12,13,14). The first-order chi connectivity index (χ1) is 6.37. The van der Waals surface area contributed by atoms with Gasteiger partial charge in [0, 0.05) is 6.42 Å². The number of aromatic nitrogens is 3. The van der Waals surface area contributed by atoms with Gasteiger partial charge in [0.15, 0.2) is 0 Å². The smallest absolute Gasteiger partial charge is 0.239 e. The number of H-pyrrole nitrogens is 1. The van der Waals surface area contributed by atoms with Gasteiger partial charge in [-0.2, -0.15) is 4.98 Å². The molecule has 0 aliphatic rings. The van der Waals surface area contributed by atoms with Crippen molar-refractivity contribution < 1.29 is 0 Å². The number of aromatic amines is 1. The van der Waals surface area contributed by atoms with Crippen LogP contribution in [-0.2, 0) is 6.42 Å². The van der Waals surface area contributed by atoms with Gasteiger partial charge in [-0.3, -0.25) is 5.10 Å². The third-order valence-electron chi connectivity index (χ3n) is 2.05. The Morgan fingerprint density at radius 1 is 1.43 bits per heavy atom. The maximum atomic E-state index is 5.43. The summed E-state index contributed by atoms with van der Waals surface area (Å²) in [7, 11) is 0. The number of nitrogen functional groups attached to an aromatic ring is 1. The van der Waals surface area contributed by atoms with E-state index in [-0.39, 0.29) is 0 Å². The first kappa shape index (κ1) is 11.0. The second-order valence-corrected chi connectivity index (χ2v) is 5.21. The number of hydrogen-bond acceptors (Lipinski definition) is 3. The van der Waals surface area contributed by atoms with Crippen LogP contribution < -0.4 is 5.73 Å². The van der Waals surface area contributed by atoms with Crippen molar-refractivity contribution in [1.29, 1.82) is 0 Å². The van der Waals surface area contributed by atoms with Crippen molar-refractivity contribution in [1.82, 2.24) is 15.2 Å². The molecule has 1 atom stereocenters. The van der Waals surface area contributed by atoms with Crippen LogP contribution in [0.1, 0.15) is 39.9 Å². The number of anilines is 1. The van der Waals surface area contributed by atoms with Crippen LogP contribution in [0.5, 0.6) is 0 Å². The highest BCUT2D eigenvalue weighted by molar-refractivity contribution is 5.12. The largest absolute Gasteiger partial charge is 0.367 e. The second kappa shape index (κ2) is 3.98. The van der Waals surface area contributed by atoms with Gasteiger partial charge < -0.3 is 5.73 Å². The molecule has 1 aromatic rings. The normalized spacial score (nSPS) is 14.3. The molecule has 0 radical (unpaired) electrons. The van der Waals surface area contributed by atoms with E-state index in [1.165, 1.54) is 6.42 Å². The maximum absolute atomic E-state index is 5.43. The fraction of sp³-hybridized carbons (Fsp3) is 0.800. The highest BCUT2D eigenvalue weighted by Crippen LogP contribution is 2.25. The van der Waals surface area contributed by atoms with E-state index in [1.807, 2.05) is 0 Å². The molecule has 0 saturated carbocycles. The maximum Gasteiger partial charge on any atom is 0.239 e. The molecule has 0 fully saturated rings. The van der Waals surface area contributed by atoms with Gasteiger partial charge in [-0.15, -0.1) is 5.10 Å². The van der Waals surface area contributed by atoms with Crippen molar-refractivity contribution >= 4 is 5.95 Å². The molecule has 0 aliphatic heterocycles. The summed E-state index contributed by atoms with van der Waals surface area (Å²) >= 11 is 0. The van der Waals surface area contributed by atoms with E-state index in [0.29, 0.717) is 17.3 Å². The molecule has 0 aromatic carbocycles. The minimum atomic E-state index is 0.336.